The minimum absolute atomic E-state index is 0.00997. The van der Waals surface area contributed by atoms with Gasteiger partial charge in [-0.05, 0) is 62.9 Å². The van der Waals surface area contributed by atoms with Crippen molar-refractivity contribution in [3.05, 3.63) is 24.3 Å². The van der Waals surface area contributed by atoms with E-state index in [0.29, 0.717) is 24.8 Å². The molecular weight excluding hydrogens is 288 g/mol. The second-order valence-corrected chi connectivity index (χ2v) is 7.28. The van der Waals surface area contributed by atoms with Crippen LogP contribution in [0.4, 0.5) is 0 Å². The molecule has 0 aliphatic heterocycles. The number of ether oxygens (including phenoxy) is 1. The monoisotopic (exact) mass is 312 g/mol. The Labute approximate surface area is 126 Å². The van der Waals surface area contributed by atoms with Gasteiger partial charge in [-0.3, -0.25) is 0 Å². The van der Waals surface area contributed by atoms with E-state index in [4.69, 9.17) is 10.5 Å². The van der Waals surface area contributed by atoms with Crippen molar-refractivity contribution in [3.63, 3.8) is 0 Å². The molecule has 1 saturated carbocycles. The van der Waals surface area contributed by atoms with E-state index in [1.165, 1.54) is 6.42 Å². The van der Waals surface area contributed by atoms with Crippen molar-refractivity contribution < 1.29 is 13.2 Å². The summed E-state index contributed by atoms with van der Waals surface area (Å²) in [5, 5.41) is 0. The highest BCUT2D eigenvalue weighted by Gasteiger charge is 2.27. The first kappa shape index (κ1) is 16.3. The smallest absolute Gasteiger partial charge is 0.240 e. The molecular formula is C15H24N2O3S. The second kappa shape index (κ2) is 7.24. The van der Waals surface area contributed by atoms with Crippen molar-refractivity contribution in [3.8, 4) is 5.75 Å². The van der Waals surface area contributed by atoms with E-state index >= 15 is 0 Å². The number of hydrogen-bond donors (Lipinski definition) is 2. The fourth-order valence-electron chi connectivity index (χ4n) is 2.34. The van der Waals surface area contributed by atoms with E-state index in [-0.39, 0.29) is 10.9 Å². The Morgan fingerprint density at radius 1 is 1.33 bits per heavy atom. The largest absolute Gasteiger partial charge is 0.494 e. The van der Waals surface area contributed by atoms with Crippen molar-refractivity contribution in [1.82, 2.24) is 4.72 Å². The van der Waals surface area contributed by atoms with Crippen LogP contribution < -0.4 is 15.2 Å². The topological polar surface area (TPSA) is 81.4 Å². The number of sulfonamides is 1. The summed E-state index contributed by atoms with van der Waals surface area (Å²) in [6.45, 7) is 3.06. The van der Waals surface area contributed by atoms with Crippen LogP contribution in [-0.2, 0) is 10.0 Å². The summed E-state index contributed by atoms with van der Waals surface area (Å²) in [4.78, 5) is 0.278. The first-order chi connectivity index (χ1) is 10.0. The maximum absolute atomic E-state index is 12.3. The molecule has 1 aromatic rings. The van der Waals surface area contributed by atoms with Gasteiger partial charge in [0.25, 0.3) is 0 Å². The lowest BCUT2D eigenvalue weighted by atomic mass is 9.81. The van der Waals surface area contributed by atoms with Crippen LogP contribution in [0.25, 0.3) is 0 Å². The highest BCUT2D eigenvalue weighted by atomic mass is 32.2. The number of hydrogen-bond acceptors (Lipinski definition) is 4. The molecule has 2 rings (SSSR count). The van der Waals surface area contributed by atoms with E-state index < -0.39 is 10.0 Å². The fourth-order valence-corrected chi connectivity index (χ4v) is 3.65. The van der Waals surface area contributed by atoms with Crippen LogP contribution >= 0.6 is 0 Å². The number of benzene rings is 1. The van der Waals surface area contributed by atoms with Crippen LogP contribution in [0.2, 0.25) is 0 Å². The molecule has 118 valence electrons. The van der Waals surface area contributed by atoms with E-state index in [2.05, 4.69) is 4.72 Å². The third-order valence-electron chi connectivity index (χ3n) is 3.95. The minimum Gasteiger partial charge on any atom is -0.494 e. The highest BCUT2D eigenvalue weighted by molar-refractivity contribution is 7.89. The lowest BCUT2D eigenvalue weighted by Gasteiger charge is -2.31. The minimum atomic E-state index is -3.45. The first-order valence-corrected chi connectivity index (χ1v) is 8.96. The van der Waals surface area contributed by atoms with Crippen molar-refractivity contribution in [1.29, 1.82) is 0 Å². The molecule has 0 amide bonds. The van der Waals surface area contributed by atoms with Crippen molar-refractivity contribution in [2.75, 3.05) is 13.2 Å². The molecule has 21 heavy (non-hydrogen) atoms. The third-order valence-corrected chi connectivity index (χ3v) is 5.52. The molecule has 1 atom stereocenters. The Morgan fingerprint density at radius 2 is 2.00 bits per heavy atom. The SMILES string of the molecule is CC(NS(=O)(=O)c1ccc(OCCCN)cc1)C1CCC1. The van der Waals surface area contributed by atoms with Crippen LogP contribution in [-0.4, -0.2) is 27.6 Å². The van der Waals surface area contributed by atoms with Gasteiger partial charge in [0.2, 0.25) is 10.0 Å². The Bertz CT molecular complexity index is 539. The van der Waals surface area contributed by atoms with Gasteiger partial charge in [-0.15, -0.1) is 0 Å². The molecule has 1 unspecified atom stereocenters. The third kappa shape index (κ3) is 4.43. The fraction of sp³-hybridized carbons (Fsp3) is 0.600. The van der Waals surface area contributed by atoms with Gasteiger partial charge in [0, 0.05) is 6.04 Å². The molecule has 0 spiro atoms. The first-order valence-electron chi connectivity index (χ1n) is 7.48. The lowest BCUT2D eigenvalue weighted by molar-refractivity contribution is 0.260. The van der Waals surface area contributed by atoms with Crippen LogP contribution in [0.15, 0.2) is 29.2 Å². The Kier molecular flexibility index (Phi) is 5.61. The molecule has 0 bridgehead atoms. The summed E-state index contributed by atoms with van der Waals surface area (Å²) < 4.78 is 32.8. The Morgan fingerprint density at radius 3 is 2.52 bits per heavy atom. The van der Waals surface area contributed by atoms with Crippen LogP contribution in [0.1, 0.15) is 32.6 Å². The zero-order valence-electron chi connectivity index (χ0n) is 12.4. The summed E-state index contributed by atoms with van der Waals surface area (Å²) in [6.07, 6.45) is 4.20. The van der Waals surface area contributed by atoms with Gasteiger partial charge in [0.05, 0.1) is 11.5 Å². The molecule has 1 aromatic carbocycles. The molecule has 5 nitrogen and oxygen atoms in total. The second-order valence-electron chi connectivity index (χ2n) is 5.56. The van der Waals surface area contributed by atoms with Gasteiger partial charge in [-0.2, -0.15) is 0 Å². The van der Waals surface area contributed by atoms with Gasteiger partial charge in [0.1, 0.15) is 5.75 Å². The molecule has 1 aliphatic carbocycles. The van der Waals surface area contributed by atoms with Gasteiger partial charge in [0.15, 0.2) is 0 Å². The van der Waals surface area contributed by atoms with Crippen LogP contribution in [0.3, 0.4) is 0 Å². The summed E-state index contributed by atoms with van der Waals surface area (Å²) in [7, 11) is -3.45. The summed E-state index contributed by atoms with van der Waals surface area (Å²) in [5.74, 6) is 1.13. The van der Waals surface area contributed by atoms with E-state index in [9.17, 15) is 8.42 Å². The average Bonchev–Trinajstić information content (AvgIpc) is 2.37. The van der Waals surface area contributed by atoms with Gasteiger partial charge in [-0.1, -0.05) is 6.42 Å². The van der Waals surface area contributed by atoms with Crippen molar-refractivity contribution in [2.45, 2.75) is 43.5 Å². The summed E-state index contributed by atoms with van der Waals surface area (Å²) in [5.41, 5.74) is 5.39. The van der Waals surface area contributed by atoms with E-state index in [1.54, 1.807) is 24.3 Å². The number of nitrogens with one attached hydrogen (secondary N) is 1. The van der Waals surface area contributed by atoms with Gasteiger partial charge >= 0.3 is 0 Å². The van der Waals surface area contributed by atoms with Gasteiger partial charge in [-0.25, -0.2) is 13.1 Å². The molecule has 3 N–H and O–H groups in total. The van der Waals surface area contributed by atoms with Crippen LogP contribution in [0, 0.1) is 5.92 Å². The maximum Gasteiger partial charge on any atom is 0.240 e. The number of nitrogens with two attached hydrogens (primary N) is 1. The maximum atomic E-state index is 12.3. The molecule has 0 heterocycles. The normalized spacial score (nSPS) is 17.2. The number of rotatable bonds is 8. The standard InChI is InChI=1S/C15H24N2O3S/c1-12(13-4-2-5-13)17-21(18,19)15-8-6-14(7-9-15)20-11-3-10-16/h6-9,12-13,17H,2-5,10-11,16H2,1H3. The molecule has 0 aromatic heterocycles. The zero-order chi connectivity index (χ0) is 15.3. The highest BCUT2D eigenvalue weighted by Crippen LogP contribution is 2.30. The van der Waals surface area contributed by atoms with Crippen molar-refractivity contribution >= 4 is 10.0 Å². The molecule has 1 fully saturated rings. The van der Waals surface area contributed by atoms with Gasteiger partial charge < -0.3 is 10.5 Å². The molecule has 1 aliphatic rings. The lowest BCUT2D eigenvalue weighted by Crippen LogP contribution is -2.40. The summed E-state index contributed by atoms with van der Waals surface area (Å²) >= 11 is 0. The average molecular weight is 312 g/mol. The van der Waals surface area contributed by atoms with Crippen molar-refractivity contribution in [2.24, 2.45) is 11.7 Å². The zero-order valence-corrected chi connectivity index (χ0v) is 13.2. The van der Waals surface area contributed by atoms with E-state index in [1.807, 2.05) is 6.92 Å². The summed E-state index contributed by atoms with van der Waals surface area (Å²) in [6, 6.07) is 6.50. The molecule has 0 radical (unpaired) electrons. The predicted octanol–water partition coefficient (Wildman–Crippen LogP) is 1.88. The molecule has 0 saturated heterocycles. The quantitative estimate of drug-likeness (QED) is 0.718. The van der Waals surface area contributed by atoms with E-state index in [0.717, 1.165) is 19.3 Å². The molecule has 6 heteroatoms. The predicted molar refractivity (Wildman–Crippen MR) is 82.7 cm³/mol. The Balaban J connectivity index is 1.95. The van der Waals surface area contributed by atoms with Crippen LogP contribution in [0.5, 0.6) is 5.75 Å². The Hall–Kier alpha value is -1.11.